The standard InChI is InChI=1S/C6H8F3NO2/c7-6(8,9)1-5(12)10-2-4(11)3-10/h4,11H,1-3H2. The fraction of sp³-hybridized carbons (Fsp3) is 0.833. The molecule has 0 bridgehead atoms. The van der Waals surface area contributed by atoms with Gasteiger partial charge in [0.25, 0.3) is 0 Å². The molecule has 6 heteroatoms. The van der Waals surface area contributed by atoms with Gasteiger partial charge in [-0.15, -0.1) is 0 Å². The van der Waals surface area contributed by atoms with E-state index in [1.54, 1.807) is 0 Å². The first-order valence-electron chi connectivity index (χ1n) is 3.41. The zero-order valence-corrected chi connectivity index (χ0v) is 6.14. The fourth-order valence-corrected chi connectivity index (χ4v) is 0.942. The molecule has 0 spiro atoms. The molecule has 1 heterocycles. The summed E-state index contributed by atoms with van der Waals surface area (Å²) in [7, 11) is 0. The minimum Gasteiger partial charge on any atom is -0.389 e. The minimum atomic E-state index is -4.45. The molecule has 1 saturated heterocycles. The first-order chi connectivity index (χ1) is 5.38. The molecule has 1 rings (SSSR count). The number of aliphatic hydroxyl groups excluding tert-OH is 1. The van der Waals surface area contributed by atoms with E-state index in [0.29, 0.717) is 0 Å². The summed E-state index contributed by atoms with van der Waals surface area (Å²) in [6, 6.07) is 0. The highest BCUT2D eigenvalue weighted by atomic mass is 19.4. The van der Waals surface area contributed by atoms with Crippen molar-refractivity contribution in [2.75, 3.05) is 13.1 Å². The topological polar surface area (TPSA) is 40.5 Å². The predicted molar refractivity (Wildman–Crippen MR) is 33.3 cm³/mol. The Morgan fingerprint density at radius 2 is 2.00 bits per heavy atom. The van der Waals surface area contributed by atoms with E-state index in [-0.39, 0.29) is 13.1 Å². The van der Waals surface area contributed by atoms with Gasteiger partial charge in [0.15, 0.2) is 0 Å². The molecule has 12 heavy (non-hydrogen) atoms. The summed E-state index contributed by atoms with van der Waals surface area (Å²) in [6.45, 7) is 0.0455. The molecule has 0 atom stereocenters. The Morgan fingerprint density at radius 3 is 2.33 bits per heavy atom. The van der Waals surface area contributed by atoms with Crippen LogP contribution < -0.4 is 0 Å². The number of carbonyl (C=O) groups excluding carboxylic acids is 1. The molecule has 0 saturated carbocycles. The summed E-state index contributed by atoms with van der Waals surface area (Å²) >= 11 is 0. The summed E-state index contributed by atoms with van der Waals surface area (Å²) in [4.78, 5) is 11.7. The number of amides is 1. The minimum absolute atomic E-state index is 0.0227. The number of hydrogen-bond acceptors (Lipinski definition) is 2. The van der Waals surface area contributed by atoms with E-state index >= 15 is 0 Å². The van der Waals surface area contributed by atoms with E-state index in [2.05, 4.69) is 0 Å². The first-order valence-corrected chi connectivity index (χ1v) is 3.41. The van der Waals surface area contributed by atoms with Crippen LogP contribution in [0, 0.1) is 0 Å². The highest BCUT2D eigenvalue weighted by Gasteiger charge is 2.37. The van der Waals surface area contributed by atoms with Crippen LogP contribution in [0.25, 0.3) is 0 Å². The molecule has 0 aromatic heterocycles. The third-order valence-electron chi connectivity index (χ3n) is 1.57. The number of alkyl halides is 3. The van der Waals surface area contributed by atoms with Crippen LogP contribution in [-0.4, -0.2) is 41.3 Å². The molecule has 0 aliphatic carbocycles. The smallest absolute Gasteiger partial charge is 0.389 e. The third kappa shape index (κ3) is 2.37. The van der Waals surface area contributed by atoms with Crippen molar-refractivity contribution in [1.82, 2.24) is 4.90 Å². The van der Waals surface area contributed by atoms with E-state index in [1.807, 2.05) is 0 Å². The Morgan fingerprint density at radius 1 is 1.50 bits per heavy atom. The van der Waals surface area contributed by atoms with Gasteiger partial charge in [-0.2, -0.15) is 13.2 Å². The number of hydrogen-bond donors (Lipinski definition) is 1. The maximum absolute atomic E-state index is 11.6. The molecule has 1 fully saturated rings. The van der Waals surface area contributed by atoms with Crippen molar-refractivity contribution in [3.05, 3.63) is 0 Å². The Hall–Kier alpha value is -0.780. The van der Waals surface area contributed by atoms with Crippen LogP contribution in [0.15, 0.2) is 0 Å². The average Bonchev–Trinajstić information content (AvgIpc) is 1.76. The summed E-state index contributed by atoms with van der Waals surface area (Å²) < 4.78 is 34.8. The molecule has 1 N–H and O–H groups in total. The molecular weight excluding hydrogens is 175 g/mol. The number of nitrogens with zero attached hydrogens (tertiary/aromatic N) is 1. The van der Waals surface area contributed by atoms with Crippen molar-refractivity contribution >= 4 is 5.91 Å². The Bertz CT molecular complexity index is 186. The van der Waals surface area contributed by atoms with Gasteiger partial charge >= 0.3 is 6.18 Å². The van der Waals surface area contributed by atoms with Crippen molar-refractivity contribution in [2.45, 2.75) is 18.7 Å². The van der Waals surface area contributed by atoms with E-state index in [1.165, 1.54) is 0 Å². The SMILES string of the molecule is O=C(CC(F)(F)F)N1CC(O)C1. The van der Waals surface area contributed by atoms with Crippen LogP contribution in [-0.2, 0) is 4.79 Å². The summed E-state index contributed by atoms with van der Waals surface area (Å²) in [5, 5.41) is 8.69. The van der Waals surface area contributed by atoms with Gasteiger partial charge in [0.05, 0.1) is 6.10 Å². The molecule has 1 aliphatic rings. The zero-order chi connectivity index (χ0) is 9.35. The number of β-amino-alcohol motifs (C(OH)–C–C–N with tert-alkyl or cyclic N) is 1. The van der Waals surface area contributed by atoms with Crippen molar-refractivity contribution in [3.63, 3.8) is 0 Å². The normalized spacial score (nSPS) is 19.2. The summed E-state index contributed by atoms with van der Waals surface area (Å²) in [6.07, 6.45) is -6.53. The van der Waals surface area contributed by atoms with E-state index < -0.39 is 24.6 Å². The number of rotatable bonds is 1. The molecular formula is C6H8F3NO2. The van der Waals surface area contributed by atoms with Gasteiger partial charge in [0.1, 0.15) is 6.42 Å². The van der Waals surface area contributed by atoms with Gasteiger partial charge in [-0.05, 0) is 0 Å². The Kier molecular flexibility index (Phi) is 2.27. The highest BCUT2D eigenvalue weighted by Crippen LogP contribution is 2.22. The average molecular weight is 183 g/mol. The molecule has 0 aromatic carbocycles. The second kappa shape index (κ2) is 2.93. The van der Waals surface area contributed by atoms with Crippen LogP contribution in [0.3, 0.4) is 0 Å². The number of likely N-dealkylation sites (tertiary alicyclic amines) is 1. The van der Waals surface area contributed by atoms with Crippen LogP contribution in [0.5, 0.6) is 0 Å². The van der Waals surface area contributed by atoms with Gasteiger partial charge < -0.3 is 10.0 Å². The van der Waals surface area contributed by atoms with Crippen LogP contribution in [0.4, 0.5) is 13.2 Å². The third-order valence-corrected chi connectivity index (χ3v) is 1.57. The summed E-state index contributed by atoms with van der Waals surface area (Å²) in [5.74, 6) is -0.965. The quantitative estimate of drug-likeness (QED) is 0.628. The van der Waals surface area contributed by atoms with Crippen molar-refractivity contribution in [1.29, 1.82) is 0 Å². The van der Waals surface area contributed by atoms with Gasteiger partial charge in [0, 0.05) is 13.1 Å². The molecule has 70 valence electrons. The van der Waals surface area contributed by atoms with Gasteiger partial charge in [0.2, 0.25) is 5.91 Å². The summed E-state index contributed by atoms with van der Waals surface area (Å²) in [5.41, 5.74) is 0. The second-order valence-electron chi connectivity index (χ2n) is 2.74. The lowest BCUT2D eigenvalue weighted by Gasteiger charge is -2.36. The van der Waals surface area contributed by atoms with Crippen LogP contribution >= 0.6 is 0 Å². The number of aliphatic hydroxyl groups is 1. The zero-order valence-electron chi connectivity index (χ0n) is 6.14. The predicted octanol–water partition coefficient (Wildman–Crippen LogP) is 0.142. The van der Waals surface area contributed by atoms with Gasteiger partial charge in [-0.25, -0.2) is 0 Å². The van der Waals surface area contributed by atoms with E-state index in [0.717, 1.165) is 4.90 Å². The lowest BCUT2D eigenvalue weighted by molar-refractivity contribution is -0.168. The van der Waals surface area contributed by atoms with Gasteiger partial charge in [-0.3, -0.25) is 4.79 Å². The molecule has 0 aromatic rings. The van der Waals surface area contributed by atoms with Gasteiger partial charge in [-0.1, -0.05) is 0 Å². The maximum atomic E-state index is 11.6. The lowest BCUT2D eigenvalue weighted by atomic mass is 10.1. The molecule has 0 radical (unpaired) electrons. The van der Waals surface area contributed by atoms with Crippen molar-refractivity contribution in [2.24, 2.45) is 0 Å². The van der Waals surface area contributed by atoms with Crippen LogP contribution in [0.2, 0.25) is 0 Å². The number of halogens is 3. The van der Waals surface area contributed by atoms with Crippen molar-refractivity contribution < 1.29 is 23.1 Å². The molecule has 3 nitrogen and oxygen atoms in total. The lowest BCUT2D eigenvalue weighted by Crippen LogP contribution is -2.54. The largest absolute Gasteiger partial charge is 0.397 e. The Balaban J connectivity index is 2.30. The maximum Gasteiger partial charge on any atom is 0.397 e. The first kappa shape index (κ1) is 9.31. The van der Waals surface area contributed by atoms with E-state index in [9.17, 15) is 18.0 Å². The van der Waals surface area contributed by atoms with Crippen LogP contribution in [0.1, 0.15) is 6.42 Å². The monoisotopic (exact) mass is 183 g/mol. The molecule has 0 unspecified atom stereocenters. The van der Waals surface area contributed by atoms with Crippen molar-refractivity contribution in [3.8, 4) is 0 Å². The fourth-order valence-electron chi connectivity index (χ4n) is 0.942. The highest BCUT2D eigenvalue weighted by molar-refractivity contribution is 5.77. The molecule has 1 aliphatic heterocycles. The molecule has 1 amide bonds. The van der Waals surface area contributed by atoms with E-state index in [4.69, 9.17) is 5.11 Å². The number of carbonyl (C=O) groups is 1. The Labute approximate surface area is 66.8 Å². The second-order valence-corrected chi connectivity index (χ2v) is 2.74.